The van der Waals surface area contributed by atoms with Crippen LogP contribution in [0.15, 0.2) is 24.3 Å². The van der Waals surface area contributed by atoms with E-state index in [0.717, 1.165) is 38.1 Å². The van der Waals surface area contributed by atoms with Crippen LogP contribution in [0.3, 0.4) is 0 Å². The molecule has 2 aliphatic rings. The van der Waals surface area contributed by atoms with Crippen LogP contribution in [0.2, 0.25) is 0 Å². The topological polar surface area (TPSA) is 38.8 Å². The Kier molecular flexibility index (Phi) is 4.97. The van der Waals surface area contributed by atoms with Gasteiger partial charge in [-0.2, -0.15) is 0 Å². The zero-order chi connectivity index (χ0) is 16.3. The summed E-state index contributed by atoms with van der Waals surface area (Å²) >= 11 is 0. The highest BCUT2D eigenvalue weighted by molar-refractivity contribution is 5.77. The first kappa shape index (κ1) is 16.4. The van der Waals surface area contributed by atoms with Crippen molar-refractivity contribution in [3.63, 3.8) is 0 Å². The highest BCUT2D eigenvalue weighted by atomic mass is 19.1. The van der Waals surface area contributed by atoms with Gasteiger partial charge >= 0.3 is 0 Å². The molecule has 1 atom stereocenters. The summed E-state index contributed by atoms with van der Waals surface area (Å²) in [6.45, 7) is 5.20. The normalized spacial score (nSPS) is 22.3. The quantitative estimate of drug-likeness (QED) is 0.756. The number of likely N-dealkylation sites (tertiary alicyclic amines) is 1. The van der Waals surface area contributed by atoms with Gasteiger partial charge in [-0.3, -0.25) is 4.79 Å². The lowest BCUT2D eigenvalue weighted by atomic mass is 9.86. The molecule has 1 amide bonds. The number of hydrogen-bond donors (Lipinski definition) is 0. The summed E-state index contributed by atoms with van der Waals surface area (Å²) in [6.07, 6.45) is 2.51. The Morgan fingerprint density at radius 3 is 3.04 bits per heavy atom. The standard InChI is InChI=1S/C18H24FNO3/c1-2-17(21)20-12-18(13-20)9-15(11-23-18)6-7-22-10-14-4-3-5-16(19)8-14/h3-5,8,15H,2,6-7,9-13H2,1H3. The first-order valence-corrected chi connectivity index (χ1v) is 8.34. The first-order chi connectivity index (χ1) is 11.1. The van der Waals surface area contributed by atoms with Crippen LogP contribution >= 0.6 is 0 Å². The second-order valence-electron chi connectivity index (χ2n) is 6.64. The third-order valence-electron chi connectivity index (χ3n) is 4.73. The Labute approximate surface area is 136 Å². The molecule has 126 valence electrons. The number of hydrogen-bond acceptors (Lipinski definition) is 3. The number of carbonyl (C=O) groups excluding carboxylic acids is 1. The van der Waals surface area contributed by atoms with Gasteiger partial charge in [0.25, 0.3) is 0 Å². The van der Waals surface area contributed by atoms with Crippen molar-refractivity contribution in [2.24, 2.45) is 5.92 Å². The zero-order valence-electron chi connectivity index (χ0n) is 13.6. The van der Waals surface area contributed by atoms with E-state index in [9.17, 15) is 9.18 Å². The molecule has 2 fully saturated rings. The molecule has 0 saturated carbocycles. The van der Waals surface area contributed by atoms with Crippen molar-refractivity contribution in [2.75, 3.05) is 26.3 Å². The van der Waals surface area contributed by atoms with Gasteiger partial charge in [0.05, 0.1) is 26.3 Å². The summed E-state index contributed by atoms with van der Waals surface area (Å²) in [5.41, 5.74) is 0.759. The Balaban J connectivity index is 1.34. The maximum absolute atomic E-state index is 13.1. The molecule has 2 aliphatic heterocycles. The van der Waals surface area contributed by atoms with E-state index in [1.54, 1.807) is 6.07 Å². The smallest absolute Gasteiger partial charge is 0.222 e. The minimum atomic E-state index is -0.228. The average molecular weight is 321 g/mol. The van der Waals surface area contributed by atoms with Gasteiger partial charge < -0.3 is 14.4 Å². The molecule has 0 bridgehead atoms. The van der Waals surface area contributed by atoms with Crippen molar-refractivity contribution in [1.82, 2.24) is 4.90 Å². The molecule has 2 saturated heterocycles. The summed E-state index contributed by atoms with van der Waals surface area (Å²) < 4.78 is 24.7. The molecule has 0 N–H and O–H groups in total. The van der Waals surface area contributed by atoms with E-state index in [1.165, 1.54) is 12.1 Å². The minimum Gasteiger partial charge on any atom is -0.377 e. The second-order valence-corrected chi connectivity index (χ2v) is 6.64. The average Bonchev–Trinajstić information content (AvgIpc) is 2.94. The molecular formula is C18H24FNO3. The lowest BCUT2D eigenvalue weighted by molar-refractivity contribution is -0.157. The van der Waals surface area contributed by atoms with E-state index in [2.05, 4.69) is 0 Å². The van der Waals surface area contributed by atoms with Crippen LogP contribution in [0, 0.1) is 11.7 Å². The predicted octanol–water partition coefficient (Wildman–Crippen LogP) is 2.76. The maximum Gasteiger partial charge on any atom is 0.222 e. The van der Waals surface area contributed by atoms with Crippen molar-refractivity contribution in [2.45, 2.75) is 38.4 Å². The van der Waals surface area contributed by atoms with E-state index >= 15 is 0 Å². The SMILES string of the molecule is CCC(=O)N1CC2(CC(CCOCc3cccc(F)c3)CO2)C1. The Bertz CT molecular complexity index is 557. The number of rotatable bonds is 6. The molecule has 5 heteroatoms. The van der Waals surface area contributed by atoms with Crippen molar-refractivity contribution in [1.29, 1.82) is 0 Å². The number of amides is 1. The highest BCUT2D eigenvalue weighted by Gasteiger charge is 2.50. The first-order valence-electron chi connectivity index (χ1n) is 8.34. The van der Waals surface area contributed by atoms with Gasteiger partial charge in [-0.1, -0.05) is 19.1 Å². The number of benzene rings is 1. The van der Waals surface area contributed by atoms with Crippen molar-refractivity contribution in [3.05, 3.63) is 35.6 Å². The summed E-state index contributed by atoms with van der Waals surface area (Å²) in [6, 6.07) is 6.50. The fourth-order valence-corrected chi connectivity index (χ4v) is 3.46. The predicted molar refractivity (Wildman–Crippen MR) is 84.3 cm³/mol. The van der Waals surface area contributed by atoms with Crippen molar-refractivity contribution >= 4 is 5.91 Å². The monoisotopic (exact) mass is 321 g/mol. The number of ether oxygens (including phenoxy) is 2. The largest absolute Gasteiger partial charge is 0.377 e. The van der Waals surface area contributed by atoms with Gasteiger partial charge in [0.1, 0.15) is 11.4 Å². The third kappa shape index (κ3) is 3.90. The fourth-order valence-electron chi connectivity index (χ4n) is 3.46. The minimum absolute atomic E-state index is 0.0992. The molecule has 2 heterocycles. The fraction of sp³-hybridized carbons (Fsp3) is 0.611. The molecule has 1 aromatic carbocycles. The van der Waals surface area contributed by atoms with Gasteiger partial charge in [-0.05, 0) is 36.5 Å². The van der Waals surface area contributed by atoms with Crippen LogP contribution in [0.4, 0.5) is 4.39 Å². The number of carbonyl (C=O) groups is 1. The summed E-state index contributed by atoms with van der Waals surface area (Å²) in [4.78, 5) is 13.5. The number of halogens is 1. The molecule has 0 radical (unpaired) electrons. The van der Waals surface area contributed by atoms with Crippen LogP contribution in [-0.2, 0) is 20.9 Å². The van der Waals surface area contributed by atoms with Crippen LogP contribution in [0.25, 0.3) is 0 Å². The van der Waals surface area contributed by atoms with Gasteiger partial charge in [-0.15, -0.1) is 0 Å². The molecular weight excluding hydrogens is 297 g/mol. The van der Waals surface area contributed by atoms with E-state index in [0.29, 0.717) is 25.6 Å². The van der Waals surface area contributed by atoms with Gasteiger partial charge in [0.2, 0.25) is 5.91 Å². The van der Waals surface area contributed by atoms with Crippen LogP contribution in [-0.4, -0.2) is 42.7 Å². The molecule has 3 rings (SSSR count). The zero-order valence-corrected chi connectivity index (χ0v) is 13.6. The Morgan fingerprint density at radius 1 is 1.48 bits per heavy atom. The molecule has 1 spiro atoms. The molecule has 1 aromatic rings. The molecule has 0 aliphatic carbocycles. The van der Waals surface area contributed by atoms with Crippen LogP contribution < -0.4 is 0 Å². The van der Waals surface area contributed by atoms with Crippen molar-refractivity contribution in [3.8, 4) is 0 Å². The molecule has 0 aromatic heterocycles. The van der Waals surface area contributed by atoms with E-state index < -0.39 is 0 Å². The van der Waals surface area contributed by atoms with Gasteiger partial charge in [0, 0.05) is 13.0 Å². The summed E-state index contributed by atoms with van der Waals surface area (Å²) in [5, 5.41) is 0. The van der Waals surface area contributed by atoms with E-state index in [4.69, 9.17) is 9.47 Å². The highest BCUT2D eigenvalue weighted by Crippen LogP contribution is 2.39. The van der Waals surface area contributed by atoms with Crippen LogP contribution in [0.5, 0.6) is 0 Å². The lowest BCUT2D eigenvalue weighted by Gasteiger charge is -2.47. The second kappa shape index (κ2) is 6.97. The van der Waals surface area contributed by atoms with E-state index in [-0.39, 0.29) is 17.3 Å². The maximum atomic E-state index is 13.1. The molecule has 1 unspecified atom stereocenters. The van der Waals surface area contributed by atoms with Crippen LogP contribution in [0.1, 0.15) is 31.7 Å². The molecule has 23 heavy (non-hydrogen) atoms. The van der Waals surface area contributed by atoms with E-state index in [1.807, 2.05) is 17.9 Å². The summed E-state index contributed by atoms with van der Waals surface area (Å²) in [7, 11) is 0. The lowest BCUT2D eigenvalue weighted by Crippen LogP contribution is -2.63. The number of nitrogens with zero attached hydrogens (tertiary/aromatic N) is 1. The Morgan fingerprint density at radius 2 is 2.30 bits per heavy atom. The Hall–Kier alpha value is -1.46. The summed E-state index contributed by atoms with van der Waals surface area (Å²) in [5.74, 6) is 0.468. The van der Waals surface area contributed by atoms with Gasteiger partial charge in [-0.25, -0.2) is 4.39 Å². The third-order valence-corrected chi connectivity index (χ3v) is 4.73. The van der Waals surface area contributed by atoms with Gasteiger partial charge in [0.15, 0.2) is 0 Å². The molecule has 4 nitrogen and oxygen atoms in total. The van der Waals surface area contributed by atoms with Crippen molar-refractivity contribution < 1.29 is 18.7 Å².